The van der Waals surface area contributed by atoms with E-state index in [4.69, 9.17) is 21.9 Å². The molecule has 1 aliphatic heterocycles. The van der Waals surface area contributed by atoms with Gasteiger partial charge in [0.15, 0.2) is 0 Å². The van der Waals surface area contributed by atoms with Gasteiger partial charge in [0.2, 0.25) is 5.88 Å². The second-order valence-electron chi connectivity index (χ2n) is 4.76. The summed E-state index contributed by atoms with van der Waals surface area (Å²) in [7, 11) is 2.11. The molecule has 2 heterocycles. The highest BCUT2D eigenvalue weighted by molar-refractivity contribution is 6.31. The Morgan fingerprint density at radius 3 is 2.78 bits per heavy atom. The average molecular weight is 264 g/mol. The molecule has 0 amide bonds. The van der Waals surface area contributed by atoms with Crippen molar-refractivity contribution in [3.05, 3.63) is 35.0 Å². The molecule has 3 rings (SSSR count). The molecule has 0 bridgehead atoms. The van der Waals surface area contributed by atoms with E-state index in [1.165, 1.54) is 5.56 Å². The van der Waals surface area contributed by atoms with E-state index in [9.17, 15) is 0 Å². The number of rotatable bonds is 2. The Kier molecular flexibility index (Phi) is 2.76. The predicted octanol–water partition coefficient (Wildman–Crippen LogP) is 2.61. The van der Waals surface area contributed by atoms with Gasteiger partial charge in [-0.2, -0.15) is 0 Å². The van der Waals surface area contributed by atoms with Gasteiger partial charge < -0.3 is 15.2 Å². The van der Waals surface area contributed by atoms with Crippen LogP contribution in [0.2, 0.25) is 5.02 Å². The van der Waals surface area contributed by atoms with E-state index in [-0.39, 0.29) is 0 Å². The number of hydrogen-bond acceptors (Lipinski definition) is 4. The molecule has 0 radical (unpaired) electrons. The van der Waals surface area contributed by atoms with E-state index >= 15 is 0 Å². The molecule has 0 aliphatic carbocycles. The second kappa shape index (κ2) is 4.30. The van der Waals surface area contributed by atoms with Gasteiger partial charge in [0.25, 0.3) is 0 Å². The number of halogens is 1. The van der Waals surface area contributed by atoms with Gasteiger partial charge in [-0.05, 0) is 24.2 Å². The largest absolute Gasteiger partial charge is 0.367 e. The minimum atomic E-state index is 0.321. The zero-order chi connectivity index (χ0) is 12.7. The lowest BCUT2D eigenvalue weighted by Crippen LogP contribution is -2.41. The maximum atomic E-state index is 6.34. The Bertz CT molecular complexity index is 575. The Morgan fingerprint density at radius 2 is 2.22 bits per heavy atom. The van der Waals surface area contributed by atoms with Gasteiger partial charge in [-0.25, -0.2) is 0 Å². The van der Waals surface area contributed by atoms with Gasteiger partial charge in [-0.3, -0.25) is 0 Å². The molecule has 0 saturated carbocycles. The summed E-state index contributed by atoms with van der Waals surface area (Å²) in [6.45, 7) is 2.13. The maximum absolute atomic E-state index is 6.34. The van der Waals surface area contributed by atoms with Crippen molar-refractivity contribution in [1.82, 2.24) is 10.1 Å². The molecule has 18 heavy (non-hydrogen) atoms. The van der Waals surface area contributed by atoms with Crippen molar-refractivity contribution in [2.45, 2.75) is 5.92 Å². The van der Waals surface area contributed by atoms with Crippen molar-refractivity contribution >= 4 is 17.5 Å². The Labute approximate surface area is 110 Å². The van der Waals surface area contributed by atoms with Gasteiger partial charge >= 0.3 is 0 Å². The van der Waals surface area contributed by atoms with E-state index in [2.05, 4.69) is 23.2 Å². The summed E-state index contributed by atoms with van der Waals surface area (Å²) in [6.07, 6.45) is 1.61. The molecular weight excluding hydrogens is 250 g/mol. The van der Waals surface area contributed by atoms with Gasteiger partial charge in [-0.1, -0.05) is 28.9 Å². The highest BCUT2D eigenvalue weighted by Gasteiger charge is 2.26. The number of hydrogen-bond donors (Lipinski definition) is 1. The first-order valence-electron chi connectivity index (χ1n) is 5.83. The van der Waals surface area contributed by atoms with E-state index in [1.54, 1.807) is 6.20 Å². The highest BCUT2D eigenvalue weighted by Crippen LogP contribution is 2.35. The van der Waals surface area contributed by atoms with Crippen LogP contribution in [-0.2, 0) is 0 Å². The second-order valence-corrected chi connectivity index (χ2v) is 5.17. The fourth-order valence-electron chi connectivity index (χ4n) is 2.39. The van der Waals surface area contributed by atoms with Crippen molar-refractivity contribution < 1.29 is 4.52 Å². The molecule has 1 fully saturated rings. The Balaban J connectivity index is 1.92. The van der Waals surface area contributed by atoms with Crippen LogP contribution in [-0.4, -0.2) is 30.2 Å². The molecule has 0 spiro atoms. The number of anilines is 1. The van der Waals surface area contributed by atoms with Crippen molar-refractivity contribution in [2.24, 2.45) is 0 Å². The number of benzene rings is 1. The first-order valence-corrected chi connectivity index (χ1v) is 6.21. The number of nitrogen functional groups attached to an aromatic ring is 1. The average Bonchev–Trinajstić information content (AvgIpc) is 2.72. The SMILES string of the molecule is CN1CC(c2ccc(-c3cnoc3N)cc2Cl)C1. The lowest BCUT2D eigenvalue weighted by molar-refractivity contribution is 0.190. The molecular formula is C13H14ClN3O. The third-order valence-corrected chi connectivity index (χ3v) is 3.74. The molecule has 0 unspecified atom stereocenters. The lowest BCUT2D eigenvalue weighted by Gasteiger charge is -2.37. The van der Waals surface area contributed by atoms with Gasteiger partial charge in [0.1, 0.15) is 0 Å². The van der Waals surface area contributed by atoms with Crippen LogP contribution >= 0.6 is 11.6 Å². The summed E-state index contributed by atoms with van der Waals surface area (Å²) in [4.78, 5) is 2.27. The molecule has 94 valence electrons. The summed E-state index contributed by atoms with van der Waals surface area (Å²) in [5.74, 6) is 0.860. The smallest absolute Gasteiger partial charge is 0.229 e. The zero-order valence-corrected chi connectivity index (χ0v) is 10.8. The predicted molar refractivity (Wildman–Crippen MR) is 71.6 cm³/mol. The summed E-state index contributed by atoms with van der Waals surface area (Å²) in [6, 6.07) is 6.02. The standard InChI is InChI=1S/C13H14ClN3O/c1-17-6-9(7-17)10-3-2-8(4-12(10)14)11-5-16-18-13(11)15/h2-5,9H,6-7,15H2,1H3. The van der Waals surface area contributed by atoms with Gasteiger partial charge in [-0.15, -0.1) is 0 Å². The van der Waals surface area contributed by atoms with Crippen LogP contribution in [0.15, 0.2) is 28.9 Å². The van der Waals surface area contributed by atoms with Gasteiger partial charge in [0.05, 0.1) is 11.8 Å². The minimum absolute atomic E-state index is 0.321. The lowest BCUT2D eigenvalue weighted by atomic mass is 9.91. The maximum Gasteiger partial charge on any atom is 0.229 e. The zero-order valence-electron chi connectivity index (χ0n) is 10.1. The number of nitrogens with two attached hydrogens (primary N) is 1. The van der Waals surface area contributed by atoms with Crippen LogP contribution in [0.4, 0.5) is 5.88 Å². The van der Waals surface area contributed by atoms with Crippen molar-refractivity contribution in [2.75, 3.05) is 25.9 Å². The molecule has 2 aromatic rings. The molecule has 5 heteroatoms. The summed E-state index contributed by atoms with van der Waals surface area (Å²) >= 11 is 6.34. The molecule has 1 aromatic carbocycles. The summed E-state index contributed by atoms with van der Waals surface area (Å²) in [5.41, 5.74) is 8.63. The Hall–Kier alpha value is -1.52. The van der Waals surface area contributed by atoms with Crippen molar-refractivity contribution in [3.8, 4) is 11.1 Å². The fourth-order valence-corrected chi connectivity index (χ4v) is 2.72. The third-order valence-electron chi connectivity index (χ3n) is 3.41. The number of nitrogens with zero attached hydrogens (tertiary/aromatic N) is 2. The van der Waals surface area contributed by atoms with Crippen LogP contribution in [0.3, 0.4) is 0 Å². The van der Waals surface area contributed by atoms with E-state index in [1.807, 2.05) is 12.1 Å². The van der Waals surface area contributed by atoms with Crippen LogP contribution in [0.5, 0.6) is 0 Å². The fraction of sp³-hybridized carbons (Fsp3) is 0.308. The van der Waals surface area contributed by atoms with Crippen molar-refractivity contribution in [3.63, 3.8) is 0 Å². The first kappa shape index (κ1) is 11.6. The monoisotopic (exact) mass is 263 g/mol. The molecule has 2 N–H and O–H groups in total. The molecule has 1 aromatic heterocycles. The molecule has 1 aliphatic rings. The van der Waals surface area contributed by atoms with Crippen LogP contribution in [0.1, 0.15) is 11.5 Å². The first-order chi connectivity index (χ1) is 8.65. The summed E-state index contributed by atoms with van der Waals surface area (Å²) in [5, 5.41) is 4.46. The minimum Gasteiger partial charge on any atom is -0.367 e. The topological polar surface area (TPSA) is 55.3 Å². The van der Waals surface area contributed by atoms with E-state index in [0.717, 1.165) is 29.2 Å². The van der Waals surface area contributed by atoms with E-state index < -0.39 is 0 Å². The third kappa shape index (κ3) is 1.87. The number of aromatic nitrogens is 1. The van der Waals surface area contributed by atoms with E-state index in [0.29, 0.717) is 11.8 Å². The van der Waals surface area contributed by atoms with Crippen LogP contribution < -0.4 is 5.73 Å². The van der Waals surface area contributed by atoms with Gasteiger partial charge in [0, 0.05) is 24.0 Å². The quantitative estimate of drug-likeness (QED) is 0.905. The highest BCUT2D eigenvalue weighted by atomic mass is 35.5. The van der Waals surface area contributed by atoms with Crippen LogP contribution in [0.25, 0.3) is 11.1 Å². The summed E-state index contributed by atoms with van der Waals surface area (Å²) < 4.78 is 4.86. The molecule has 1 saturated heterocycles. The molecule has 0 atom stereocenters. The van der Waals surface area contributed by atoms with Crippen molar-refractivity contribution in [1.29, 1.82) is 0 Å². The normalized spacial score (nSPS) is 16.8. The number of likely N-dealkylation sites (N-methyl/N-ethyl adjacent to an activating group) is 1. The Morgan fingerprint density at radius 1 is 1.44 bits per heavy atom. The number of likely N-dealkylation sites (tertiary alicyclic amines) is 1. The molecule has 4 nitrogen and oxygen atoms in total. The van der Waals surface area contributed by atoms with Crippen LogP contribution in [0, 0.1) is 0 Å².